The number of hydrogen-bond donors (Lipinski definition) is 1. The lowest BCUT2D eigenvalue weighted by Crippen LogP contribution is -2.52. The van der Waals surface area contributed by atoms with Gasteiger partial charge >= 0.3 is 5.97 Å². The molecule has 142 valence electrons. The van der Waals surface area contributed by atoms with Gasteiger partial charge in [0.1, 0.15) is 5.75 Å². The van der Waals surface area contributed by atoms with E-state index in [9.17, 15) is 9.59 Å². The standard InChI is InChI=1S/C21H24N2O4/c1-14-13-22-9-10-23(14)20(24)16-6-4-5-15(11-16)18-8-7-17(26-2)12-19(18)21(25)27-3/h4-8,11-12,14,22H,9-10,13H2,1-3H3/t14-/m0/s1. The van der Waals surface area contributed by atoms with Crippen molar-refractivity contribution in [3.8, 4) is 16.9 Å². The van der Waals surface area contributed by atoms with E-state index in [4.69, 9.17) is 9.47 Å². The van der Waals surface area contributed by atoms with E-state index in [0.29, 0.717) is 29.0 Å². The summed E-state index contributed by atoms with van der Waals surface area (Å²) in [7, 11) is 2.89. The third-order valence-corrected chi connectivity index (χ3v) is 4.81. The third-order valence-electron chi connectivity index (χ3n) is 4.81. The van der Waals surface area contributed by atoms with Gasteiger partial charge in [-0.15, -0.1) is 0 Å². The van der Waals surface area contributed by atoms with Crippen molar-refractivity contribution in [3.63, 3.8) is 0 Å². The molecule has 0 unspecified atom stereocenters. The van der Waals surface area contributed by atoms with Crippen LogP contribution in [-0.2, 0) is 4.74 Å². The van der Waals surface area contributed by atoms with E-state index in [1.165, 1.54) is 7.11 Å². The third kappa shape index (κ3) is 3.95. The van der Waals surface area contributed by atoms with Gasteiger partial charge in [-0.05, 0) is 48.4 Å². The van der Waals surface area contributed by atoms with E-state index >= 15 is 0 Å². The lowest BCUT2D eigenvalue weighted by Gasteiger charge is -2.34. The molecular formula is C21H24N2O4. The molecule has 0 bridgehead atoms. The second kappa shape index (κ2) is 8.22. The van der Waals surface area contributed by atoms with Gasteiger partial charge in [-0.2, -0.15) is 0 Å². The molecule has 6 heteroatoms. The van der Waals surface area contributed by atoms with Crippen LogP contribution in [0.5, 0.6) is 5.75 Å². The number of carbonyl (C=O) groups is 2. The highest BCUT2D eigenvalue weighted by atomic mass is 16.5. The SMILES string of the molecule is COC(=O)c1cc(OC)ccc1-c1cccc(C(=O)N2CCNC[C@@H]2C)c1. The monoisotopic (exact) mass is 368 g/mol. The van der Waals surface area contributed by atoms with Crippen molar-refractivity contribution in [2.75, 3.05) is 33.9 Å². The minimum absolute atomic E-state index is 0.000945. The van der Waals surface area contributed by atoms with Crippen molar-refractivity contribution < 1.29 is 19.1 Å². The molecule has 0 aromatic heterocycles. The molecule has 1 aliphatic heterocycles. The maximum atomic E-state index is 13.0. The van der Waals surface area contributed by atoms with Crippen molar-refractivity contribution in [3.05, 3.63) is 53.6 Å². The fourth-order valence-corrected chi connectivity index (χ4v) is 3.31. The first-order chi connectivity index (χ1) is 13.0. The van der Waals surface area contributed by atoms with Crippen LogP contribution < -0.4 is 10.1 Å². The summed E-state index contributed by atoms with van der Waals surface area (Å²) >= 11 is 0. The molecule has 1 saturated heterocycles. The maximum Gasteiger partial charge on any atom is 0.338 e. The summed E-state index contributed by atoms with van der Waals surface area (Å²) in [6.07, 6.45) is 0. The Morgan fingerprint density at radius 3 is 2.67 bits per heavy atom. The molecule has 6 nitrogen and oxygen atoms in total. The molecule has 1 amide bonds. The van der Waals surface area contributed by atoms with Gasteiger partial charge < -0.3 is 19.7 Å². The Bertz CT molecular complexity index is 850. The highest BCUT2D eigenvalue weighted by molar-refractivity contribution is 6.00. The average Bonchev–Trinajstić information content (AvgIpc) is 2.72. The Labute approximate surface area is 159 Å². The van der Waals surface area contributed by atoms with Gasteiger partial charge in [0.05, 0.1) is 19.8 Å². The zero-order valence-corrected chi connectivity index (χ0v) is 15.8. The van der Waals surface area contributed by atoms with Gasteiger partial charge in [-0.3, -0.25) is 4.79 Å². The molecule has 2 aromatic carbocycles. The summed E-state index contributed by atoms with van der Waals surface area (Å²) < 4.78 is 10.1. The first-order valence-electron chi connectivity index (χ1n) is 8.93. The van der Waals surface area contributed by atoms with E-state index in [1.807, 2.05) is 42.2 Å². The van der Waals surface area contributed by atoms with Crippen LogP contribution in [0, 0.1) is 0 Å². The molecule has 1 aliphatic rings. The number of methoxy groups -OCH3 is 2. The Balaban J connectivity index is 1.98. The molecule has 3 rings (SSSR count). The highest BCUT2D eigenvalue weighted by Gasteiger charge is 2.24. The summed E-state index contributed by atoms with van der Waals surface area (Å²) in [6.45, 7) is 4.30. The van der Waals surface area contributed by atoms with Crippen LogP contribution in [0.2, 0.25) is 0 Å². The average molecular weight is 368 g/mol. The van der Waals surface area contributed by atoms with Crippen molar-refractivity contribution in [1.82, 2.24) is 10.2 Å². The molecule has 0 aliphatic carbocycles. The quantitative estimate of drug-likeness (QED) is 0.840. The molecule has 0 radical (unpaired) electrons. The fraction of sp³-hybridized carbons (Fsp3) is 0.333. The summed E-state index contributed by atoms with van der Waals surface area (Å²) in [6, 6.07) is 12.7. The Hall–Kier alpha value is -2.86. The molecule has 2 aromatic rings. The number of amides is 1. The van der Waals surface area contributed by atoms with Crippen molar-refractivity contribution in [2.24, 2.45) is 0 Å². The van der Waals surface area contributed by atoms with E-state index in [1.54, 1.807) is 19.2 Å². The van der Waals surface area contributed by atoms with Gasteiger partial charge in [0.25, 0.3) is 5.91 Å². The highest BCUT2D eigenvalue weighted by Crippen LogP contribution is 2.29. The van der Waals surface area contributed by atoms with Gasteiger partial charge in [-0.25, -0.2) is 4.79 Å². The van der Waals surface area contributed by atoms with Crippen molar-refractivity contribution in [2.45, 2.75) is 13.0 Å². The summed E-state index contributed by atoms with van der Waals surface area (Å²) in [5.74, 6) is 0.122. The molecule has 1 atom stereocenters. The molecular weight excluding hydrogens is 344 g/mol. The largest absolute Gasteiger partial charge is 0.497 e. The number of hydrogen-bond acceptors (Lipinski definition) is 5. The number of nitrogens with one attached hydrogen (secondary N) is 1. The fourth-order valence-electron chi connectivity index (χ4n) is 3.31. The minimum Gasteiger partial charge on any atom is -0.497 e. The van der Waals surface area contributed by atoms with Gasteiger partial charge in [0, 0.05) is 31.2 Å². The van der Waals surface area contributed by atoms with E-state index in [0.717, 1.165) is 18.7 Å². The zero-order valence-electron chi connectivity index (χ0n) is 15.8. The van der Waals surface area contributed by atoms with Gasteiger partial charge in [0.15, 0.2) is 0 Å². The molecule has 1 fully saturated rings. The van der Waals surface area contributed by atoms with Crippen LogP contribution in [-0.4, -0.2) is 56.7 Å². The predicted octanol–water partition coefficient (Wildman–Crippen LogP) is 2.58. The van der Waals surface area contributed by atoms with Crippen LogP contribution in [0.1, 0.15) is 27.6 Å². The number of carbonyl (C=O) groups excluding carboxylic acids is 2. The summed E-state index contributed by atoms with van der Waals surface area (Å²) in [4.78, 5) is 27.1. The Morgan fingerprint density at radius 2 is 1.96 bits per heavy atom. The predicted molar refractivity (Wildman–Crippen MR) is 103 cm³/mol. The second-order valence-corrected chi connectivity index (χ2v) is 6.54. The molecule has 1 N–H and O–H groups in total. The van der Waals surface area contributed by atoms with E-state index in [2.05, 4.69) is 5.32 Å². The number of esters is 1. The number of ether oxygens (including phenoxy) is 2. The Morgan fingerprint density at radius 1 is 1.15 bits per heavy atom. The lowest BCUT2D eigenvalue weighted by molar-refractivity contribution is 0.0600. The van der Waals surface area contributed by atoms with Gasteiger partial charge in [0.2, 0.25) is 0 Å². The van der Waals surface area contributed by atoms with Crippen LogP contribution >= 0.6 is 0 Å². The number of benzene rings is 2. The van der Waals surface area contributed by atoms with Crippen molar-refractivity contribution in [1.29, 1.82) is 0 Å². The first kappa shape index (κ1) is 18.9. The number of piperazine rings is 1. The molecule has 0 saturated carbocycles. The molecule has 27 heavy (non-hydrogen) atoms. The van der Waals surface area contributed by atoms with Crippen LogP contribution in [0.4, 0.5) is 0 Å². The Kier molecular flexibility index (Phi) is 5.76. The van der Waals surface area contributed by atoms with Crippen LogP contribution in [0.15, 0.2) is 42.5 Å². The number of rotatable bonds is 4. The second-order valence-electron chi connectivity index (χ2n) is 6.54. The van der Waals surface area contributed by atoms with Crippen LogP contribution in [0.25, 0.3) is 11.1 Å². The molecule has 1 heterocycles. The lowest BCUT2D eigenvalue weighted by atomic mass is 9.97. The minimum atomic E-state index is -0.448. The van der Waals surface area contributed by atoms with Crippen LogP contribution in [0.3, 0.4) is 0 Å². The molecule has 0 spiro atoms. The maximum absolute atomic E-state index is 13.0. The zero-order chi connectivity index (χ0) is 19.4. The first-order valence-corrected chi connectivity index (χ1v) is 8.93. The smallest absolute Gasteiger partial charge is 0.338 e. The van der Waals surface area contributed by atoms with E-state index < -0.39 is 5.97 Å². The van der Waals surface area contributed by atoms with Crippen molar-refractivity contribution >= 4 is 11.9 Å². The topological polar surface area (TPSA) is 67.9 Å². The summed E-state index contributed by atoms with van der Waals surface area (Å²) in [5, 5.41) is 3.29. The van der Waals surface area contributed by atoms with Gasteiger partial charge in [-0.1, -0.05) is 12.1 Å². The normalized spacial score (nSPS) is 16.7. The summed E-state index contributed by atoms with van der Waals surface area (Å²) in [5.41, 5.74) is 2.49. The number of nitrogens with zero attached hydrogens (tertiary/aromatic N) is 1. The van der Waals surface area contributed by atoms with E-state index in [-0.39, 0.29) is 11.9 Å².